The molecule has 0 saturated carbocycles. The molecule has 1 aromatic carbocycles. The van der Waals surface area contributed by atoms with E-state index in [1.165, 1.54) is 0 Å². The monoisotopic (exact) mass is 379 g/mol. The second-order valence-electron chi connectivity index (χ2n) is 6.60. The van der Waals surface area contributed by atoms with Gasteiger partial charge in [0, 0.05) is 31.7 Å². The second kappa shape index (κ2) is 8.26. The predicted octanol–water partition coefficient (Wildman–Crippen LogP) is 1.09. The van der Waals surface area contributed by atoms with Crippen molar-refractivity contribution >= 4 is 10.0 Å². The van der Waals surface area contributed by atoms with Gasteiger partial charge in [0.25, 0.3) is 0 Å². The number of hydrogen-bond donors (Lipinski definition) is 1. The van der Waals surface area contributed by atoms with Crippen LogP contribution in [0.25, 0.3) is 11.4 Å². The van der Waals surface area contributed by atoms with E-state index in [-0.39, 0.29) is 11.8 Å². The van der Waals surface area contributed by atoms with Crippen LogP contribution in [0.5, 0.6) is 0 Å². The van der Waals surface area contributed by atoms with E-state index in [4.69, 9.17) is 9.66 Å². The highest BCUT2D eigenvalue weighted by atomic mass is 32.2. The first-order chi connectivity index (χ1) is 12.4. The van der Waals surface area contributed by atoms with Crippen molar-refractivity contribution in [2.75, 3.05) is 38.5 Å². The molecule has 1 saturated heterocycles. The van der Waals surface area contributed by atoms with Crippen molar-refractivity contribution in [3.05, 3.63) is 36.2 Å². The molecule has 142 valence electrons. The van der Waals surface area contributed by atoms with E-state index < -0.39 is 10.0 Å². The summed E-state index contributed by atoms with van der Waals surface area (Å²) in [6.07, 6.45) is 0.568. The van der Waals surface area contributed by atoms with Crippen LogP contribution in [0.2, 0.25) is 0 Å². The number of piperazine rings is 1. The molecule has 8 nitrogen and oxygen atoms in total. The molecule has 1 fully saturated rings. The maximum atomic E-state index is 11.0. The topological polar surface area (TPSA) is 106 Å². The van der Waals surface area contributed by atoms with E-state index in [2.05, 4.69) is 26.9 Å². The average Bonchev–Trinajstić information content (AvgIpc) is 3.11. The van der Waals surface area contributed by atoms with Crippen molar-refractivity contribution in [2.45, 2.75) is 19.4 Å². The third-order valence-corrected chi connectivity index (χ3v) is 5.55. The Labute approximate surface area is 154 Å². The minimum absolute atomic E-state index is 0.0356. The summed E-state index contributed by atoms with van der Waals surface area (Å²) < 4.78 is 27.5. The Hall–Kier alpha value is -1.81. The minimum Gasteiger partial charge on any atom is -0.337 e. The highest BCUT2D eigenvalue weighted by Gasteiger charge is 2.26. The summed E-state index contributed by atoms with van der Waals surface area (Å²) in [5.41, 5.74) is 0.939. The third-order valence-electron chi connectivity index (χ3n) is 4.69. The van der Waals surface area contributed by atoms with Gasteiger partial charge in [0.15, 0.2) is 0 Å². The number of aromatic nitrogens is 2. The Morgan fingerprint density at radius 2 is 1.88 bits per heavy atom. The lowest BCUT2D eigenvalue weighted by atomic mass is 10.2. The molecule has 3 rings (SSSR count). The summed E-state index contributed by atoms with van der Waals surface area (Å²) in [6.45, 7) is 6.33. The van der Waals surface area contributed by atoms with Gasteiger partial charge >= 0.3 is 0 Å². The van der Waals surface area contributed by atoms with Crippen LogP contribution < -0.4 is 5.14 Å². The first-order valence-electron chi connectivity index (χ1n) is 8.78. The zero-order chi connectivity index (χ0) is 18.6. The van der Waals surface area contributed by atoms with Gasteiger partial charge in [-0.2, -0.15) is 4.98 Å². The lowest BCUT2D eigenvalue weighted by Gasteiger charge is -2.36. The average molecular weight is 379 g/mol. The molecular weight excluding hydrogens is 354 g/mol. The van der Waals surface area contributed by atoms with Crippen LogP contribution in [0, 0.1) is 0 Å². The molecule has 9 heteroatoms. The molecule has 0 amide bonds. The van der Waals surface area contributed by atoms with Gasteiger partial charge in [-0.3, -0.25) is 4.90 Å². The fourth-order valence-corrected chi connectivity index (χ4v) is 3.66. The van der Waals surface area contributed by atoms with E-state index in [0.717, 1.165) is 38.3 Å². The molecule has 1 atom stereocenters. The van der Waals surface area contributed by atoms with E-state index in [1.807, 2.05) is 30.3 Å². The molecule has 2 heterocycles. The van der Waals surface area contributed by atoms with E-state index in [9.17, 15) is 8.42 Å². The molecule has 1 aliphatic heterocycles. The summed E-state index contributed by atoms with van der Waals surface area (Å²) >= 11 is 0. The largest absolute Gasteiger partial charge is 0.337 e. The number of primary sulfonamides is 1. The van der Waals surface area contributed by atoms with Gasteiger partial charge in [0.05, 0.1) is 11.8 Å². The van der Waals surface area contributed by atoms with Gasteiger partial charge in [-0.15, -0.1) is 0 Å². The minimum atomic E-state index is -3.37. The van der Waals surface area contributed by atoms with Crippen LogP contribution in [-0.4, -0.2) is 66.8 Å². The normalized spacial score (nSPS) is 18.1. The Kier molecular flexibility index (Phi) is 6.02. The molecule has 2 N–H and O–H groups in total. The smallest absolute Gasteiger partial charge is 0.244 e. The van der Waals surface area contributed by atoms with E-state index in [1.54, 1.807) is 0 Å². The van der Waals surface area contributed by atoms with Crippen molar-refractivity contribution in [1.82, 2.24) is 19.9 Å². The maximum absolute atomic E-state index is 11.0. The highest BCUT2D eigenvalue weighted by molar-refractivity contribution is 7.89. The number of rotatable bonds is 7. The second-order valence-corrected chi connectivity index (χ2v) is 8.33. The summed E-state index contributed by atoms with van der Waals surface area (Å²) in [5, 5.41) is 9.13. The first-order valence-corrected chi connectivity index (χ1v) is 10.5. The van der Waals surface area contributed by atoms with Gasteiger partial charge in [0.2, 0.25) is 21.7 Å². The third kappa shape index (κ3) is 5.10. The van der Waals surface area contributed by atoms with Crippen molar-refractivity contribution in [3.8, 4) is 11.4 Å². The SMILES string of the molecule is C[C@H](c1nc(-c2ccccc2)no1)N1CCN(CCCS(N)(=O)=O)CC1. The first kappa shape index (κ1) is 19.0. The zero-order valence-corrected chi connectivity index (χ0v) is 15.7. The summed E-state index contributed by atoms with van der Waals surface area (Å²) in [6, 6.07) is 9.81. The molecule has 0 radical (unpaired) electrons. The van der Waals surface area contributed by atoms with Crippen molar-refractivity contribution < 1.29 is 12.9 Å². The van der Waals surface area contributed by atoms with Crippen LogP contribution in [0.15, 0.2) is 34.9 Å². The zero-order valence-electron chi connectivity index (χ0n) is 14.9. The Balaban J connectivity index is 1.51. The fourth-order valence-electron chi connectivity index (χ4n) is 3.13. The van der Waals surface area contributed by atoms with Crippen LogP contribution in [0.4, 0.5) is 0 Å². The van der Waals surface area contributed by atoms with Crippen molar-refractivity contribution in [3.63, 3.8) is 0 Å². The summed E-state index contributed by atoms with van der Waals surface area (Å²) in [4.78, 5) is 9.10. The van der Waals surface area contributed by atoms with Crippen LogP contribution >= 0.6 is 0 Å². The maximum Gasteiger partial charge on any atom is 0.244 e. The molecule has 1 aromatic heterocycles. The van der Waals surface area contributed by atoms with Crippen molar-refractivity contribution in [1.29, 1.82) is 0 Å². The van der Waals surface area contributed by atoms with Crippen LogP contribution in [0.3, 0.4) is 0 Å². The molecule has 1 aliphatic rings. The number of sulfonamides is 1. The van der Waals surface area contributed by atoms with E-state index >= 15 is 0 Å². The van der Waals surface area contributed by atoms with Gasteiger partial charge < -0.3 is 9.42 Å². The summed E-state index contributed by atoms with van der Waals surface area (Å²) in [5.74, 6) is 1.26. The van der Waals surface area contributed by atoms with Gasteiger partial charge in [-0.25, -0.2) is 13.6 Å². The molecule has 0 aliphatic carbocycles. The Morgan fingerprint density at radius 3 is 2.54 bits per heavy atom. The van der Waals surface area contributed by atoms with Gasteiger partial charge in [-0.1, -0.05) is 35.5 Å². The molecule has 0 bridgehead atoms. The van der Waals surface area contributed by atoms with E-state index in [0.29, 0.717) is 18.1 Å². The number of benzene rings is 1. The molecule has 2 aromatic rings. The molecular formula is C17H25N5O3S. The molecule has 0 spiro atoms. The number of nitrogens with zero attached hydrogens (tertiary/aromatic N) is 4. The molecule has 0 unspecified atom stereocenters. The highest BCUT2D eigenvalue weighted by Crippen LogP contribution is 2.23. The Morgan fingerprint density at radius 1 is 1.19 bits per heavy atom. The van der Waals surface area contributed by atoms with Gasteiger partial charge in [0.1, 0.15) is 0 Å². The molecule has 26 heavy (non-hydrogen) atoms. The number of hydrogen-bond acceptors (Lipinski definition) is 7. The lowest BCUT2D eigenvalue weighted by Crippen LogP contribution is -2.47. The predicted molar refractivity (Wildman–Crippen MR) is 98.8 cm³/mol. The van der Waals surface area contributed by atoms with Crippen LogP contribution in [0.1, 0.15) is 25.3 Å². The van der Waals surface area contributed by atoms with Gasteiger partial charge in [-0.05, 0) is 19.9 Å². The lowest BCUT2D eigenvalue weighted by molar-refractivity contribution is 0.0885. The number of nitrogens with two attached hydrogens (primary N) is 1. The quantitative estimate of drug-likeness (QED) is 0.768. The standard InChI is InChI=1S/C17H25N5O3S/c1-14(17-19-16(20-25-17)15-6-3-2-4-7-15)22-11-9-21(10-12-22)8-5-13-26(18,23)24/h2-4,6-7,14H,5,8-13H2,1H3,(H2,18,23,24)/t14-/m1/s1. The summed E-state index contributed by atoms with van der Waals surface area (Å²) in [7, 11) is -3.37. The van der Waals surface area contributed by atoms with Crippen LogP contribution in [-0.2, 0) is 10.0 Å². The van der Waals surface area contributed by atoms with Crippen molar-refractivity contribution in [2.24, 2.45) is 5.14 Å². The Bertz CT molecular complexity index is 801. The fraction of sp³-hybridized carbons (Fsp3) is 0.529.